The van der Waals surface area contributed by atoms with Crippen molar-refractivity contribution in [2.45, 2.75) is 33.7 Å². The number of aromatic nitrogens is 4. The van der Waals surface area contributed by atoms with Gasteiger partial charge in [0.25, 0.3) is 0 Å². The van der Waals surface area contributed by atoms with E-state index in [4.69, 9.17) is 11.6 Å². The van der Waals surface area contributed by atoms with E-state index in [-0.39, 0.29) is 5.28 Å². The zero-order valence-electron chi connectivity index (χ0n) is 14.3. The number of aryl methyl sites for hydroxylation is 3. The molecule has 0 saturated carbocycles. The predicted octanol–water partition coefficient (Wildman–Crippen LogP) is 4.52. The van der Waals surface area contributed by atoms with Crippen LogP contribution in [-0.2, 0) is 13.0 Å². The predicted molar refractivity (Wildman–Crippen MR) is 103 cm³/mol. The first-order chi connectivity index (χ1) is 12.0. The third-order valence-electron chi connectivity index (χ3n) is 3.66. The van der Waals surface area contributed by atoms with Crippen molar-refractivity contribution in [3.8, 4) is 0 Å². The minimum absolute atomic E-state index is 0.183. The SMILES string of the molecule is CCc1nc(Cl)nc(Nc2ncc(CNc3c(C)cccc3C)s2)n1. The van der Waals surface area contributed by atoms with Gasteiger partial charge in [0.2, 0.25) is 11.2 Å². The minimum atomic E-state index is 0.183. The summed E-state index contributed by atoms with van der Waals surface area (Å²) in [6, 6.07) is 6.27. The number of benzene rings is 1. The third kappa shape index (κ3) is 4.43. The van der Waals surface area contributed by atoms with Crippen LogP contribution >= 0.6 is 22.9 Å². The maximum atomic E-state index is 5.92. The Hall–Kier alpha value is -2.25. The smallest absolute Gasteiger partial charge is 0.233 e. The number of rotatable bonds is 6. The van der Waals surface area contributed by atoms with E-state index in [0.717, 1.165) is 10.0 Å². The fourth-order valence-corrected chi connectivity index (χ4v) is 3.34. The summed E-state index contributed by atoms with van der Waals surface area (Å²) in [4.78, 5) is 17.9. The van der Waals surface area contributed by atoms with E-state index in [2.05, 4.69) is 62.6 Å². The van der Waals surface area contributed by atoms with Gasteiger partial charge in [0.15, 0.2) is 5.13 Å². The lowest BCUT2D eigenvalue weighted by atomic mass is 10.1. The number of halogens is 1. The molecule has 0 atom stereocenters. The summed E-state index contributed by atoms with van der Waals surface area (Å²) >= 11 is 7.47. The highest BCUT2D eigenvalue weighted by atomic mass is 35.5. The van der Waals surface area contributed by atoms with Gasteiger partial charge in [-0.05, 0) is 36.6 Å². The van der Waals surface area contributed by atoms with E-state index in [0.29, 0.717) is 24.7 Å². The molecule has 0 radical (unpaired) electrons. The Morgan fingerprint density at radius 2 is 1.88 bits per heavy atom. The number of nitrogens with one attached hydrogen (secondary N) is 2. The van der Waals surface area contributed by atoms with Crippen LogP contribution in [-0.4, -0.2) is 19.9 Å². The van der Waals surface area contributed by atoms with Crippen LogP contribution in [0.15, 0.2) is 24.4 Å². The highest BCUT2D eigenvalue weighted by molar-refractivity contribution is 7.15. The van der Waals surface area contributed by atoms with Gasteiger partial charge in [-0.25, -0.2) is 9.97 Å². The number of nitrogens with zero attached hydrogens (tertiary/aromatic N) is 4. The van der Waals surface area contributed by atoms with Crippen molar-refractivity contribution < 1.29 is 0 Å². The lowest BCUT2D eigenvalue weighted by Gasteiger charge is -2.11. The van der Waals surface area contributed by atoms with Crippen LogP contribution in [0.5, 0.6) is 0 Å². The lowest BCUT2D eigenvalue weighted by Crippen LogP contribution is -2.02. The molecule has 0 fully saturated rings. The highest BCUT2D eigenvalue weighted by Gasteiger charge is 2.08. The molecule has 2 heterocycles. The van der Waals surface area contributed by atoms with Gasteiger partial charge < -0.3 is 5.32 Å². The fourth-order valence-electron chi connectivity index (χ4n) is 2.42. The van der Waals surface area contributed by atoms with Crippen molar-refractivity contribution in [2.24, 2.45) is 0 Å². The molecule has 0 aliphatic heterocycles. The van der Waals surface area contributed by atoms with Crippen LogP contribution in [0.25, 0.3) is 0 Å². The maximum absolute atomic E-state index is 5.92. The Labute approximate surface area is 155 Å². The second-order valence-electron chi connectivity index (χ2n) is 5.57. The van der Waals surface area contributed by atoms with E-state index in [1.54, 1.807) is 11.3 Å². The molecular formula is C17H19ClN6S. The van der Waals surface area contributed by atoms with Gasteiger partial charge in [-0.1, -0.05) is 36.5 Å². The Morgan fingerprint density at radius 1 is 1.12 bits per heavy atom. The summed E-state index contributed by atoms with van der Waals surface area (Å²) < 4.78 is 0. The number of hydrogen-bond acceptors (Lipinski definition) is 7. The second-order valence-corrected chi connectivity index (χ2v) is 7.03. The van der Waals surface area contributed by atoms with Gasteiger partial charge in [0, 0.05) is 23.2 Å². The van der Waals surface area contributed by atoms with Crippen LogP contribution in [0.1, 0.15) is 28.8 Å². The van der Waals surface area contributed by atoms with Crippen molar-refractivity contribution >= 4 is 39.7 Å². The summed E-state index contributed by atoms with van der Waals surface area (Å²) in [6.45, 7) is 6.88. The monoisotopic (exact) mass is 374 g/mol. The minimum Gasteiger partial charge on any atom is -0.380 e. The molecule has 0 amide bonds. The van der Waals surface area contributed by atoms with Crippen LogP contribution in [0, 0.1) is 13.8 Å². The fraction of sp³-hybridized carbons (Fsp3) is 0.294. The normalized spacial score (nSPS) is 10.7. The molecule has 2 aromatic heterocycles. The number of para-hydroxylation sites is 1. The summed E-state index contributed by atoms with van der Waals surface area (Å²) in [7, 11) is 0. The van der Waals surface area contributed by atoms with Crippen molar-refractivity contribution in [3.05, 3.63) is 51.5 Å². The molecule has 3 rings (SSSR count). The van der Waals surface area contributed by atoms with Crippen molar-refractivity contribution in [1.82, 2.24) is 19.9 Å². The second kappa shape index (κ2) is 7.76. The Kier molecular flexibility index (Phi) is 5.45. The topological polar surface area (TPSA) is 75.6 Å². The molecule has 0 aliphatic carbocycles. The molecule has 0 unspecified atom stereocenters. The largest absolute Gasteiger partial charge is 0.380 e. The molecular weight excluding hydrogens is 356 g/mol. The zero-order valence-corrected chi connectivity index (χ0v) is 15.9. The molecule has 0 bridgehead atoms. The average molecular weight is 375 g/mol. The molecule has 0 saturated heterocycles. The Morgan fingerprint density at radius 3 is 2.60 bits per heavy atom. The Bertz CT molecular complexity index is 859. The van der Waals surface area contributed by atoms with E-state index in [9.17, 15) is 0 Å². The quantitative estimate of drug-likeness (QED) is 0.660. The van der Waals surface area contributed by atoms with Crippen molar-refractivity contribution in [1.29, 1.82) is 0 Å². The standard InChI is InChI=1S/C17H19ClN6S/c1-4-13-21-15(18)23-16(22-13)24-17-20-9-12(25-17)8-19-14-10(2)6-5-7-11(14)3/h5-7,9,19H,4,8H2,1-3H3,(H,20,21,22,23,24). The van der Waals surface area contributed by atoms with Gasteiger partial charge in [0.1, 0.15) is 5.82 Å². The maximum Gasteiger partial charge on any atom is 0.233 e. The first kappa shape index (κ1) is 17.6. The average Bonchev–Trinajstić information content (AvgIpc) is 3.01. The van der Waals surface area contributed by atoms with Crippen LogP contribution in [0.3, 0.4) is 0 Å². The molecule has 8 heteroatoms. The zero-order chi connectivity index (χ0) is 17.8. The van der Waals surface area contributed by atoms with E-state index in [1.165, 1.54) is 16.8 Å². The lowest BCUT2D eigenvalue weighted by molar-refractivity contribution is 0.904. The molecule has 130 valence electrons. The molecule has 0 spiro atoms. The van der Waals surface area contributed by atoms with E-state index >= 15 is 0 Å². The highest BCUT2D eigenvalue weighted by Crippen LogP contribution is 2.24. The summed E-state index contributed by atoms with van der Waals surface area (Å²) in [5, 5.41) is 7.48. The molecule has 25 heavy (non-hydrogen) atoms. The first-order valence-electron chi connectivity index (χ1n) is 7.97. The van der Waals surface area contributed by atoms with Crippen molar-refractivity contribution in [3.63, 3.8) is 0 Å². The van der Waals surface area contributed by atoms with Crippen LogP contribution in [0.4, 0.5) is 16.8 Å². The van der Waals surface area contributed by atoms with Crippen LogP contribution in [0.2, 0.25) is 5.28 Å². The van der Waals surface area contributed by atoms with E-state index < -0.39 is 0 Å². The summed E-state index contributed by atoms with van der Waals surface area (Å²) in [6.07, 6.45) is 2.54. The summed E-state index contributed by atoms with van der Waals surface area (Å²) in [5.41, 5.74) is 3.63. The van der Waals surface area contributed by atoms with Crippen LogP contribution < -0.4 is 10.6 Å². The van der Waals surface area contributed by atoms with Gasteiger partial charge in [0.05, 0.1) is 6.54 Å². The van der Waals surface area contributed by atoms with Gasteiger partial charge in [-0.15, -0.1) is 0 Å². The number of hydrogen-bond donors (Lipinski definition) is 2. The van der Waals surface area contributed by atoms with Gasteiger partial charge >= 0.3 is 0 Å². The van der Waals surface area contributed by atoms with Crippen molar-refractivity contribution in [2.75, 3.05) is 10.6 Å². The number of thiazole rings is 1. The number of anilines is 3. The molecule has 1 aromatic carbocycles. The molecule has 3 aromatic rings. The summed E-state index contributed by atoms with van der Waals surface area (Å²) in [5.74, 6) is 1.07. The molecule has 2 N–H and O–H groups in total. The third-order valence-corrected chi connectivity index (χ3v) is 4.75. The Balaban J connectivity index is 1.68. The first-order valence-corrected chi connectivity index (χ1v) is 9.17. The van der Waals surface area contributed by atoms with E-state index in [1.807, 2.05) is 13.1 Å². The van der Waals surface area contributed by atoms with Gasteiger partial charge in [-0.2, -0.15) is 9.97 Å². The molecule has 0 aliphatic rings. The van der Waals surface area contributed by atoms with Gasteiger partial charge in [-0.3, -0.25) is 5.32 Å². The molecule has 6 nitrogen and oxygen atoms in total.